The highest BCUT2D eigenvalue weighted by atomic mass is 32.2. The monoisotopic (exact) mass is 373 g/mol. The summed E-state index contributed by atoms with van der Waals surface area (Å²) in [4.78, 5) is 1.40. The maximum atomic E-state index is 12.5. The molecule has 0 fully saturated rings. The van der Waals surface area contributed by atoms with Crippen LogP contribution < -0.4 is 9.46 Å². The van der Waals surface area contributed by atoms with Crippen molar-refractivity contribution in [2.24, 2.45) is 0 Å². The highest BCUT2D eigenvalue weighted by Crippen LogP contribution is 2.23. The molecule has 130 valence electrons. The third-order valence-corrected chi connectivity index (χ3v) is 6.21. The van der Waals surface area contributed by atoms with Gasteiger partial charge in [0.1, 0.15) is 5.75 Å². The zero-order chi connectivity index (χ0) is 17.7. The molecule has 6 heteroatoms. The molecule has 0 amide bonds. The molecule has 3 rings (SSSR count). The number of fused-ring (bicyclic) bond motifs is 1. The molecule has 0 aliphatic heterocycles. The molecule has 0 saturated carbocycles. The van der Waals surface area contributed by atoms with Crippen LogP contribution in [0.3, 0.4) is 0 Å². The molecule has 0 unspecified atom stereocenters. The second kappa shape index (κ2) is 7.91. The van der Waals surface area contributed by atoms with E-state index in [1.54, 1.807) is 37.1 Å². The van der Waals surface area contributed by atoms with Crippen LogP contribution in [0.2, 0.25) is 0 Å². The van der Waals surface area contributed by atoms with Crippen molar-refractivity contribution < 1.29 is 13.2 Å². The number of nitrogens with one attached hydrogen (secondary N) is 1. The van der Waals surface area contributed by atoms with Crippen LogP contribution in [0.1, 0.15) is 0 Å². The van der Waals surface area contributed by atoms with Gasteiger partial charge in [0.15, 0.2) is 0 Å². The average Bonchev–Trinajstić information content (AvgIpc) is 2.65. The average molecular weight is 373 g/mol. The maximum Gasteiger partial charge on any atom is 0.240 e. The molecule has 0 spiro atoms. The molecular formula is C19H19NO3S2. The van der Waals surface area contributed by atoms with Gasteiger partial charge in [0.2, 0.25) is 10.0 Å². The van der Waals surface area contributed by atoms with Gasteiger partial charge >= 0.3 is 0 Å². The molecule has 4 nitrogen and oxygen atoms in total. The Kier molecular flexibility index (Phi) is 5.63. The summed E-state index contributed by atoms with van der Waals surface area (Å²) in [6, 6.07) is 20.6. The van der Waals surface area contributed by atoms with Crippen LogP contribution in [0.5, 0.6) is 5.75 Å². The van der Waals surface area contributed by atoms with Crippen LogP contribution in [-0.4, -0.2) is 27.8 Å². The molecule has 0 radical (unpaired) electrons. The fraction of sp³-hybridized carbons (Fsp3) is 0.158. The molecule has 0 aliphatic rings. The van der Waals surface area contributed by atoms with Crippen molar-refractivity contribution in [2.75, 3.05) is 19.4 Å². The summed E-state index contributed by atoms with van der Waals surface area (Å²) in [7, 11) is -1.91. The van der Waals surface area contributed by atoms with Gasteiger partial charge in [-0.1, -0.05) is 30.3 Å². The summed E-state index contributed by atoms with van der Waals surface area (Å²) < 4.78 is 32.8. The molecule has 0 aromatic heterocycles. The van der Waals surface area contributed by atoms with E-state index in [0.717, 1.165) is 21.4 Å². The summed E-state index contributed by atoms with van der Waals surface area (Å²) in [5, 5.41) is 1.81. The number of benzene rings is 3. The van der Waals surface area contributed by atoms with Crippen LogP contribution >= 0.6 is 11.8 Å². The van der Waals surface area contributed by atoms with Gasteiger partial charge in [0.05, 0.1) is 12.0 Å². The van der Waals surface area contributed by atoms with Gasteiger partial charge in [-0.2, -0.15) is 0 Å². The standard InChI is InChI=1S/C19H19NO3S2/c1-23-17-9-7-16-14-19(10-8-15(16)13-17)25(21,22)20-11-12-24-18-5-3-2-4-6-18/h2-10,13-14,20H,11-12H2,1H3. The number of sulfonamides is 1. The number of hydrogen-bond acceptors (Lipinski definition) is 4. The summed E-state index contributed by atoms with van der Waals surface area (Å²) in [5.41, 5.74) is 0. The predicted octanol–water partition coefficient (Wildman–Crippen LogP) is 3.92. The molecule has 25 heavy (non-hydrogen) atoms. The molecule has 1 N–H and O–H groups in total. The first-order valence-electron chi connectivity index (χ1n) is 7.84. The minimum Gasteiger partial charge on any atom is -0.497 e. The van der Waals surface area contributed by atoms with Gasteiger partial charge in [-0.05, 0) is 47.2 Å². The van der Waals surface area contributed by atoms with E-state index in [2.05, 4.69) is 4.72 Å². The summed E-state index contributed by atoms with van der Waals surface area (Å²) >= 11 is 1.62. The molecule has 0 heterocycles. The Balaban J connectivity index is 1.66. The Bertz CT molecular complexity index is 957. The lowest BCUT2D eigenvalue weighted by Gasteiger charge is -2.08. The van der Waals surface area contributed by atoms with E-state index in [0.29, 0.717) is 12.3 Å². The van der Waals surface area contributed by atoms with Crippen molar-refractivity contribution in [1.82, 2.24) is 4.72 Å². The Morgan fingerprint density at radius 1 is 0.960 bits per heavy atom. The fourth-order valence-electron chi connectivity index (χ4n) is 2.44. The van der Waals surface area contributed by atoms with Crippen molar-refractivity contribution in [1.29, 1.82) is 0 Å². The number of thioether (sulfide) groups is 1. The van der Waals surface area contributed by atoms with Crippen LogP contribution in [0.25, 0.3) is 10.8 Å². The summed E-state index contributed by atoms with van der Waals surface area (Å²) in [6.45, 7) is 0.378. The lowest BCUT2D eigenvalue weighted by atomic mass is 10.1. The molecule has 0 aliphatic carbocycles. The minimum absolute atomic E-state index is 0.273. The van der Waals surface area contributed by atoms with Gasteiger partial charge in [-0.15, -0.1) is 11.8 Å². The van der Waals surface area contributed by atoms with Crippen LogP contribution in [0, 0.1) is 0 Å². The molecule has 3 aromatic rings. The van der Waals surface area contributed by atoms with E-state index in [1.807, 2.05) is 48.5 Å². The van der Waals surface area contributed by atoms with E-state index >= 15 is 0 Å². The van der Waals surface area contributed by atoms with Gasteiger partial charge in [-0.3, -0.25) is 0 Å². The van der Waals surface area contributed by atoms with Gasteiger partial charge in [0.25, 0.3) is 0 Å². The first-order chi connectivity index (χ1) is 12.1. The van der Waals surface area contributed by atoms with E-state index in [-0.39, 0.29) is 4.90 Å². The Morgan fingerprint density at radius 2 is 1.68 bits per heavy atom. The van der Waals surface area contributed by atoms with Crippen molar-refractivity contribution in [3.63, 3.8) is 0 Å². The highest BCUT2D eigenvalue weighted by Gasteiger charge is 2.14. The number of hydrogen-bond donors (Lipinski definition) is 1. The largest absolute Gasteiger partial charge is 0.497 e. The zero-order valence-electron chi connectivity index (χ0n) is 13.8. The lowest BCUT2D eigenvalue weighted by molar-refractivity contribution is 0.415. The lowest BCUT2D eigenvalue weighted by Crippen LogP contribution is -2.26. The Hall–Kier alpha value is -2.02. The third-order valence-electron chi connectivity index (χ3n) is 3.74. The van der Waals surface area contributed by atoms with Crippen LogP contribution in [-0.2, 0) is 10.0 Å². The SMILES string of the molecule is COc1ccc2cc(S(=O)(=O)NCCSc3ccccc3)ccc2c1. The number of rotatable bonds is 7. The fourth-order valence-corrected chi connectivity index (χ4v) is 4.43. The summed E-state index contributed by atoms with van der Waals surface area (Å²) in [6.07, 6.45) is 0. The smallest absolute Gasteiger partial charge is 0.240 e. The van der Waals surface area contributed by atoms with Crippen molar-refractivity contribution in [2.45, 2.75) is 9.79 Å². The Labute approximate surface area is 152 Å². The molecular weight excluding hydrogens is 354 g/mol. The Morgan fingerprint density at radius 3 is 2.44 bits per heavy atom. The molecule has 3 aromatic carbocycles. The van der Waals surface area contributed by atoms with Crippen molar-refractivity contribution in [3.8, 4) is 5.75 Å². The topological polar surface area (TPSA) is 55.4 Å². The van der Waals surface area contributed by atoms with E-state index in [4.69, 9.17) is 4.74 Å². The first kappa shape index (κ1) is 17.8. The highest BCUT2D eigenvalue weighted by molar-refractivity contribution is 7.99. The predicted molar refractivity (Wildman–Crippen MR) is 103 cm³/mol. The maximum absolute atomic E-state index is 12.5. The van der Waals surface area contributed by atoms with Crippen molar-refractivity contribution >= 4 is 32.6 Å². The van der Waals surface area contributed by atoms with Crippen molar-refractivity contribution in [3.05, 3.63) is 66.7 Å². The summed E-state index contributed by atoms with van der Waals surface area (Å²) in [5.74, 6) is 1.42. The van der Waals surface area contributed by atoms with Crippen LogP contribution in [0.15, 0.2) is 76.5 Å². The second-order valence-corrected chi connectivity index (χ2v) is 8.37. The van der Waals surface area contributed by atoms with Gasteiger partial charge in [0, 0.05) is 17.2 Å². The molecule has 0 bridgehead atoms. The van der Waals surface area contributed by atoms with E-state index < -0.39 is 10.0 Å². The third kappa shape index (κ3) is 4.54. The van der Waals surface area contributed by atoms with Gasteiger partial charge in [-0.25, -0.2) is 13.1 Å². The van der Waals surface area contributed by atoms with E-state index in [1.165, 1.54) is 0 Å². The zero-order valence-corrected chi connectivity index (χ0v) is 15.4. The normalized spacial score (nSPS) is 11.6. The van der Waals surface area contributed by atoms with Crippen LogP contribution in [0.4, 0.5) is 0 Å². The second-order valence-electron chi connectivity index (χ2n) is 5.43. The molecule has 0 saturated heterocycles. The number of ether oxygens (including phenoxy) is 1. The first-order valence-corrected chi connectivity index (χ1v) is 10.3. The van der Waals surface area contributed by atoms with Gasteiger partial charge < -0.3 is 4.74 Å². The molecule has 0 atom stereocenters. The number of methoxy groups -OCH3 is 1. The minimum atomic E-state index is -3.52. The van der Waals surface area contributed by atoms with E-state index in [9.17, 15) is 8.42 Å². The quantitative estimate of drug-likeness (QED) is 0.504.